The quantitative estimate of drug-likeness (QED) is 0.220. The van der Waals surface area contributed by atoms with Gasteiger partial charge in [-0.05, 0) is 73.8 Å². The van der Waals surface area contributed by atoms with Gasteiger partial charge in [0, 0.05) is 62.5 Å². The third-order valence-corrected chi connectivity index (χ3v) is 13.7. The topological polar surface area (TPSA) is 82.4 Å². The number of halogens is 3. The van der Waals surface area contributed by atoms with Crippen molar-refractivity contribution >= 4 is 14.0 Å². The molecule has 11 heteroatoms. The number of anilines is 1. The third-order valence-electron chi connectivity index (χ3n) is 9.19. The second kappa shape index (κ2) is 13.1. The predicted molar refractivity (Wildman–Crippen MR) is 169 cm³/mol. The smallest absolute Gasteiger partial charge is 0.416 e. The molecule has 1 saturated heterocycles. The average Bonchev–Trinajstić information content (AvgIpc) is 2.99. The van der Waals surface area contributed by atoms with Gasteiger partial charge in [0.1, 0.15) is 6.07 Å². The van der Waals surface area contributed by atoms with Gasteiger partial charge in [0.05, 0.1) is 16.8 Å². The number of pyridine rings is 1. The Bertz CT molecular complexity index is 1390. The van der Waals surface area contributed by atoms with E-state index in [1.54, 1.807) is 12.4 Å². The summed E-state index contributed by atoms with van der Waals surface area (Å²) in [5, 5.41) is 17.1. The van der Waals surface area contributed by atoms with E-state index in [0.29, 0.717) is 51.4 Å². The fraction of sp³-hybridized carbons (Fsp3) is 0.515. The van der Waals surface area contributed by atoms with Gasteiger partial charge in [0.2, 0.25) is 0 Å². The molecule has 0 radical (unpaired) electrons. The lowest BCUT2D eigenvalue weighted by Crippen LogP contribution is -2.57. The Kier molecular flexibility index (Phi) is 10.0. The number of aromatic nitrogens is 1. The molecule has 0 aliphatic carbocycles. The molecule has 4 rings (SSSR count). The van der Waals surface area contributed by atoms with Crippen molar-refractivity contribution in [3.8, 4) is 6.07 Å². The zero-order chi connectivity index (χ0) is 32.2. The van der Waals surface area contributed by atoms with Crippen molar-refractivity contribution < 1.29 is 22.3 Å². The largest absolute Gasteiger partial charge is 0.416 e. The minimum Gasteiger partial charge on any atom is -0.416 e. The van der Waals surface area contributed by atoms with Gasteiger partial charge in [0.25, 0.3) is 0 Å². The minimum atomic E-state index is -4.50. The summed E-state index contributed by atoms with van der Waals surface area (Å²) in [4.78, 5) is 6.28. The van der Waals surface area contributed by atoms with Crippen LogP contribution in [0.25, 0.3) is 0 Å². The molecule has 1 unspecified atom stereocenters. The number of nitrogens with zero attached hydrogens (tertiary/aromatic N) is 3. The van der Waals surface area contributed by atoms with E-state index < -0.39 is 31.3 Å². The molecule has 2 N–H and O–H groups in total. The van der Waals surface area contributed by atoms with Gasteiger partial charge in [-0.25, -0.2) is 0 Å². The Morgan fingerprint density at radius 3 is 2.43 bits per heavy atom. The highest BCUT2D eigenvalue weighted by molar-refractivity contribution is 6.74. The maximum atomic E-state index is 13.3. The number of nitriles is 1. The number of benzene rings is 1. The van der Waals surface area contributed by atoms with Crippen LogP contribution in [0.2, 0.25) is 18.1 Å². The lowest BCUT2D eigenvalue weighted by atomic mass is 9.78. The minimum absolute atomic E-state index is 0.0273. The van der Waals surface area contributed by atoms with Gasteiger partial charge in [-0.3, -0.25) is 4.98 Å². The number of nitrogens with one attached hydrogen (secondary N) is 2. The van der Waals surface area contributed by atoms with Crippen molar-refractivity contribution in [2.45, 2.75) is 76.1 Å². The number of ether oxygens (including phenoxy) is 1. The molecule has 1 aromatic carbocycles. The molecule has 2 aliphatic rings. The lowest BCUT2D eigenvalue weighted by molar-refractivity contribution is -0.137. The van der Waals surface area contributed by atoms with Gasteiger partial charge in [0.15, 0.2) is 14.0 Å². The number of rotatable bonds is 10. The van der Waals surface area contributed by atoms with Crippen molar-refractivity contribution in [3.63, 3.8) is 0 Å². The molecule has 0 spiro atoms. The van der Waals surface area contributed by atoms with Crippen molar-refractivity contribution in [1.29, 1.82) is 5.26 Å². The Morgan fingerprint density at radius 1 is 1.16 bits per heavy atom. The van der Waals surface area contributed by atoms with E-state index in [9.17, 15) is 18.4 Å². The molecule has 1 aromatic heterocycles. The van der Waals surface area contributed by atoms with Crippen molar-refractivity contribution in [2.75, 3.05) is 37.7 Å². The first-order valence-corrected chi connectivity index (χ1v) is 18.0. The van der Waals surface area contributed by atoms with Crippen LogP contribution in [0.3, 0.4) is 0 Å². The van der Waals surface area contributed by atoms with E-state index in [1.807, 2.05) is 42.3 Å². The van der Waals surface area contributed by atoms with Crippen LogP contribution in [-0.4, -0.2) is 51.7 Å². The van der Waals surface area contributed by atoms with E-state index in [1.165, 1.54) is 6.07 Å². The highest BCUT2D eigenvalue weighted by atomic mass is 28.4. The average molecular weight is 628 g/mol. The van der Waals surface area contributed by atoms with Crippen LogP contribution in [0, 0.1) is 11.3 Å². The first-order chi connectivity index (χ1) is 20.7. The van der Waals surface area contributed by atoms with Crippen LogP contribution < -0.4 is 15.5 Å². The normalized spacial score (nSPS) is 20.5. The Labute approximate surface area is 260 Å². The molecule has 2 aromatic rings. The maximum absolute atomic E-state index is 13.3. The molecule has 44 heavy (non-hydrogen) atoms. The standard InChI is InChI=1S/C33H44F3N5O2Si/c1-7-42-32(28-9-8-16-38-23-28)13-12-27(24-40-32)31(39-17-20-43-44(5,6)30(2,3)4)14-18-41(19-15-31)29-11-10-26(33(34,35)36)21-25(29)22-37/h8-13,16,21,23-24,39-40H,7,14-15,17-20H2,1-6H3. The second-order valence-corrected chi connectivity index (χ2v) is 17.7. The van der Waals surface area contributed by atoms with E-state index in [2.05, 4.69) is 55.6 Å². The Hall–Kier alpha value is -3.17. The van der Waals surface area contributed by atoms with Crippen LogP contribution >= 0.6 is 0 Å². The van der Waals surface area contributed by atoms with Crippen molar-refractivity contribution in [2.24, 2.45) is 0 Å². The predicted octanol–water partition coefficient (Wildman–Crippen LogP) is 6.86. The number of alkyl halides is 3. The van der Waals surface area contributed by atoms with Crippen LogP contribution in [0.5, 0.6) is 0 Å². The lowest BCUT2D eigenvalue weighted by Gasteiger charge is -2.46. The summed E-state index contributed by atoms with van der Waals surface area (Å²) in [6.45, 7) is 15.9. The molecule has 0 amide bonds. The third kappa shape index (κ3) is 7.20. The molecule has 0 saturated carbocycles. The Morgan fingerprint density at radius 2 is 1.89 bits per heavy atom. The van der Waals surface area contributed by atoms with Gasteiger partial charge in [-0.15, -0.1) is 0 Å². The number of piperidine rings is 1. The summed E-state index contributed by atoms with van der Waals surface area (Å²) < 4.78 is 52.6. The first kappa shape index (κ1) is 33.7. The molecule has 1 fully saturated rings. The maximum Gasteiger partial charge on any atom is 0.416 e. The summed E-state index contributed by atoms with van der Waals surface area (Å²) in [6.07, 6.45) is 6.47. The monoisotopic (exact) mass is 627 g/mol. The molecule has 2 aliphatic heterocycles. The van der Waals surface area contributed by atoms with Gasteiger partial charge in [-0.2, -0.15) is 18.4 Å². The summed E-state index contributed by atoms with van der Waals surface area (Å²) in [5.41, 5.74) is 0.399. The fourth-order valence-corrected chi connectivity index (χ4v) is 6.58. The zero-order valence-electron chi connectivity index (χ0n) is 26.5. The van der Waals surface area contributed by atoms with E-state index in [0.717, 1.165) is 23.3 Å². The van der Waals surface area contributed by atoms with E-state index in [-0.39, 0.29) is 10.6 Å². The van der Waals surface area contributed by atoms with Gasteiger partial charge in [-0.1, -0.05) is 32.9 Å². The van der Waals surface area contributed by atoms with E-state index >= 15 is 0 Å². The van der Waals surface area contributed by atoms with Crippen molar-refractivity contribution in [3.05, 3.63) is 83.3 Å². The number of hydrogen-bond acceptors (Lipinski definition) is 7. The molecule has 0 bridgehead atoms. The summed E-state index contributed by atoms with van der Waals surface area (Å²) in [6, 6.07) is 9.23. The first-order valence-electron chi connectivity index (χ1n) is 15.1. The van der Waals surface area contributed by atoms with Gasteiger partial charge < -0.3 is 24.7 Å². The highest BCUT2D eigenvalue weighted by Crippen LogP contribution is 2.39. The van der Waals surface area contributed by atoms with Crippen LogP contribution in [0.4, 0.5) is 18.9 Å². The van der Waals surface area contributed by atoms with Crippen molar-refractivity contribution in [1.82, 2.24) is 15.6 Å². The molecular formula is C33H44F3N5O2Si. The molecule has 3 heterocycles. The molecule has 1 atom stereocenters. The number of hydrogen-bond donors (Lipinski definition) is 2. The fourth-order valence-electron chi connectivity index (χ4n) is 5.54. The molecule has 7 nitrogen and oxygen atoms in total. The zero-order valence-corrected chi connectivity index (χ0v) is 27.5. The summed E-state index contributed by atoms with van der Waals surface area (Å²) in [5.74, 6) is 0. The number of dihydropyridines is 1. The summed E-state index contributed by atoms with van der Waals surface area (Å²) in [7, 11) is -1.93. The molecule has 238 valence electrons. The Balaban J connectivity index is 1.57. The molecular weight excluding hydrogens is 583 g/mol. The second-order valence-electron chi connectivity index (χ2n) is 12.9. The van der Waals surface area contributed by atoms with Gasteiger partial charge >= 0.3 is 6.18 Å². The van der Waals surface area contributed by atoms with Crippen LogP contribution in [0.1, 0.15) is 57.2 Å². The van der Waals surface area contributed by atoms with E-state index in [4.69, 9.17) is 9.16 Å². The van der Waals surface area contributed by atoms with Crippen LogP contribution in [0.15, 0.2) is 66.7 Å². The van der Waals surface area contributed by atoms with Crippen LogP contribution in [-0.2, 0) is 21.1 Å². The highest BCUT2D eigenvalue weighted by Gasteiger charge is 2.42. The SMILES string of the molecule is CCOC1(c2cccnc2)C=CC(C2(NCCO[Si](C)(C)C(C)(C)C)CCN(c3ccc(C(F)(F)F)cc3C#N)CC2)=CN1. The summed E-state index contributed by atoms with van der Waals surface area (Å²) >= 11 is 0.